The molecule has 3 saturated carbocycles. The van der Waals surface area contributed by atoms with E-state index in [0.717, 1.165) is 34.8 Å². The summed E-state index contributed by atoms with van der Waals surface area (Å²) in [7, 11) is 0. The van der Waals surface area contributed by atoms with E-state index in [1.807, 2.05) is 6.20 Å². The first-order valence-electron chi connectivity index (χ1n) is 10.9. The molecule has 0 saturated heterocycles. The largest absolute Gasteiger partial charge is 0.304 e. The van der Waals surface area contributed by atoms with Gasteiger partial charge in [0.15, 0.2) is 0 Å². The predicted molar refractivity (Wildman–Crippen MR) is 112 cm³/mol. The van der Waals surface area contributed by atoms with Crippen LogP contribution in [0, 0.1) is 23.3 Å². The Morgan fingerprint density at radius 3 is 2.31 bits per heavy atom. The summed E-state index contributed by atoms with van der Waals surface area (Å²) >= 11 is 0. The summed E-state index contributed by atoms with van der Waals surface area (Å²) in [6.45, 7) is 0. The van der Waals surface area contributed by atoms with Gasteiger partial charge in [0.25, 0.3) is 0 Å². The number of pyridine rings is 1. The minimum Gasteiger partial charge on any atom is -0.304 e. The van der Waals surface area contributed by atoms with E-state index in [-0.39, 0.29) is 20.1 Å². The first kappa shape index (κ1) is 18.0. The van der Waals surface area contributed by atoms with Crippen LogP contribution in [-0.2, 0) is 20.1 Å². The fraction of sp³-hybridized carbons (Fsp3) is 0.370. The number of aromatic nitrogens is 1. The molecule has 1 radical (unpaired) electrons. The van der Waals surface area contributed by atoms with Gasteiger partial charge in [-0.05, 0) is 71.6 Å². The van der Waals surface area contributed by atoms with Gasteiger partial charge in [-0.1, -0.05) is 48.9 Å². The molecule has 147 valence electrons. The third-order valence-corrected chi connectivity index (χ3v) is 8.63. The standard InChI is InChI=1S/C27H24N.Ir/c1-2-4-17(5-3-1)19-7-9-26(28-16-19)18-6-8-24-20-10-22-13-23-11-21(25(24)12-18)15-27(22,23)14-20;/h1-5,7-9,12,16,20-23H,10-11,13-15H2;/q-1;. The Labute approximate surface area is 186 Å². The molecule has 3 aromatic rings. The molecule has 0 N–H and O–H groups in total. The van der Waals surface area contributed by atoms with Crippen molar-refractivity contribution in [2.45, 2.75) is 43.9 Å². The van der Waals surface area contributed by atoms with Crippen molar-refractivity contribution >= 4 is 0 Å². The molecule has 1 aromatic heterocycles. The molecule has 1 nitrogen and oxygen atoms in total. The molecule has 29 heavy (non-hydrogen) atoms. The van der Waals surface area contributed by atoms with Crippen LogP contribution in [-0.4, -0.2) is 4.98 Å². The van der Waals surface area contributed by atoms with E-state index in [2.05, 4.69) is 60.7 Å². The van der Waals surface area contributed by atoms with Crippen molar-refractivity contribution in [2.75, 3.05) is 0 Å². The zero-order chi connectivity index (χ0) is 18.3. The van der Waals surface area contributed by atoms with E-state index in [1.54, 1.807) is 11.1 Å². The van der Waals surface area contributed by atoms with Crippen molar-refractivity contribution < 1.29 is 20.1 Å². The Kier molecular flexibility index (Phi) is 3.96. The molecule has 5 atom stereocenters. The summed E-state index contributed by atoms with van der Waals surface area (Å²) in [5.41, 5.74) is 8.60. The van der Waals surface area contributed by atoms with Crippen LogP contribution in [0.4, 0.5) is 0 Å². The van der Waals surface area contributed by atoms with Gasteiger partial charge in [0, 0.05) is 26.3 Å². The van der Waals surface area contributed by atoms with Crippen LogP contribution in [0.3, 0.4) is 0 Å². The summed E-state index contributed by atoms with van der Waals surface area (Å²) in [5.74, 6) is 3.64. The minimum absolute atomic E-state index is 0. The van der Waals surface area contributed by atoms with Crippen LogP contribution < -0.4 is 0 Å². The minimum atomic E-state index is 0. The second kappa shape index (κ2) is 6.37. The molecule has 0 aliphatic heterocycles. The van der Waals surface area contributed by atoms with Crippen LogP contribution in [0.2, 0.25) is 0 Å². The second-order valence-electron chi connectivity index (χ2n) is 9.69. The van der Waals surface area contributed by atoms with Crippen LogP contribution in [0.5, 0.6) is 0 Å². The van der Waals surface area contributed by atoms with Gasteiger partial charge in [-0.25, -0.2) is 0 Å². The molecule has 5 unspecified atom stereocenters. The van der Waals surface area contributed by atoms with E-state index < -0.39 is 0 Å². The van der Waals surface area contributed by atoms with Gasteiger partial charge in [-0.15, -0.1) is 34.9 Å². The predicted octanol–water partition coefficient (Wildman–Crippen LogP) is 6.60. The molecule has 7 rings (SSSR count). The molecule has 1 spiro atoms. The van der Waals surface area contributed by atoms with Crippen LogP contribution in [0.1, 0.15) is 55.1 Å². The fourth-order valence-corrected chi connectivity index (χ4v) is 7.37. The second-order valence-corrected chi connectivity index (χ2v) is 9.69. The van der Waals surface area contributed by atoms with Gasteiger partial charge < -0.3 is 4.98 Å². The first-order chi connectivity index (χ1) is 13.8. The van der Waals surface area contributed by atoms with E-state index in [0.29, 0.717) is 0 Å². The number of fused-ring (bicyclic) bond motifs is 5. The third kappa shape index (κ3) is 2.46. The normalized spacial score (nSPS) is 32.7. The third-order valence-electron chi connectivity index (χ3n) is 8.63. The molecule has 4 aliphatic carbocycles. The van der Waals surface area contributed by atoms with Crippen molar-refractivity contribution in [1.82, 2.24) is 4.98 Å². The maximum Gasteiger partial charge on any atom is 0.0239 e. The molecular weight excluding hydrogens is 531 g/mol. The van der Waals surface area contributed by atoms with Gasteiger partial charge >= 0.3 is 0 Å². The fourth-order valence-electron chi connectivity index (χ4n) is 7.37. The Morgan fingerprint density at radius 1 is 0.828 bits per heavy atom. The maximum absolute atomic E-state index is 4.80. The van der Waals surface area contributed by atoms with E-state index in [9.17, 15) is 0 Å². The summed E-state index contributed by atoms with van der Waals surface area (Å²) in [4.78, 5) is 4.80. The van der Waals surface area contributed by atoms with Gasteiger partial charge in [-0.3, -0.25) is 0 Å². The molecule has 1 heterocycles. The molecule has 0 amide bonds. The van der Waals surface area contributed by atoms with Crippen LogP contribution in [0.15, 0.2) is 60.8 Å². The summed E-state index contributed by atoms with van der Waals surface area (Å²) in [6.07, 6.45) is 9.30. The van der Waals surface area contributed by atoms with Gasteiger partial charge in [0.2, 0.25) is 0 Å². The Morgan fingerprint density at radius 2 is 1.59 bits per heavy atom. The average molecular weight is 555 g/mol. The van der Waals surface area contributed by atoms with Crippen LogP contribution in [0.25, 0.3) is 22.4 Å². The monoisotopic (exact) mass is 555 g/mol. The molecule has 2 aromatic carbocycles. The molecule has 2 heteroatoms. The van der Waals surface area contributed by atoms with E-state index in [4.69, 9.17) is 4.98 Å². The average Bonchev–Trinajstić information content (AvgIpc) is 3.17. The van der Waals surface area contributed by atoms with Crippen molar-refractivity contribution in [2.24, 2.45) is 17.3 Å². The van der Waals surface area contributed by atoms with Crippen molar-refractivity contribution in [3.05, 3.63) is 78.0 Å². The van der Waals surface area contributed by atoms with Crippen molar-refractivity contribution in [3.63, 3.8) is 0 Å². The Bertz CT molecular complexity index is 1070. The molecule has 4 aliphatic rings. The van der Waals surface area contributed by atoms with Gasteiger partial charge in [-0.2, -0.15) is 0 Å². The summed E-state index contributed by atoms with van der Waals surface area (Å²) in [5, 5.41) is 0. The first-order valence-corrected chi connectivity index (χ1v) is 10.9. The SMILES string of the molecule is [Ir].[c-]1cc2c(cc1-c1ccc(-c3ccccc3)cn1)C1CC3CC4CC2CC43C1. The number of rotatable bonds is 2. The van der Waals surface area contributed by atoms with Gasteiger partial charge in [0.1, 0.15) is 0 Å². The maximum atomic E-state index is 4.80. The molecule has 3 bridgehead atoms. The van der Waals surface area contributed by atoms with Gasteiger partial charge in [0.05, 0.1) is 0 Å². The van der Waals surface area contributed by atoms with Crippen molar-refractivity contribution in [3.8, 4) is 22.4 Å². The number of benzene rings is 2. The van der Waals surface area contributed by atoms with Crippen LogP contribution >= 0.6 is 0 Å². The molecular formula is C27H24IrN-. The number of hydrogen-bond donors (Lipinski definition) is 0. The van der Waals surface area contributed by atoms with E-state index >= 15 is 0 Å². The smallest absolute Gasteiger partial charge is 0.0239 e. The molecule has 3 fully saturated rings. The Balaban J connectivity index is 0.00000165. The number of hydrogen-bond acceptors (Lipinski definition) is 1. The quantitative estimate of drug-likeness (QED) is 0.325. The Hall–Kier alpha value is -1.76. The zero-order valence-electron chi connectivity index (χ0n) is 16.4. The summed E-state index contributed by atoms with van der Waals surface area (Å²) < 4.78 is 0. The van der Waals surface area contributed by atoms with Crippen molar-refractivity contribution in [1.29, 1.82) is 0 Å². The number of nitrogens with zero attached hydrogens (tertiary/aromatic N) is 1. The topological polar surface area (TPSA) is 12.9 Å². The summed E-state index contributed by atoms with van der Waals surface area (Å²) in [6, 6.07) is 23.2. The zero-order valence-corrected chi connectivity index (χ0v) is 18.8. The van der Waals surface area contributed by atoms with E-state index in [1.165, 1.54) is 48.8 Å².